The molecule has 0 radical (unpaired) electrons. The van der Waals surface area contributed by atoms with Crippen LogP contribution in [0, 0.1) is 11.8 Å². The molecule has 0 aliphatic heterocycles. The molecule has 1 aliphatic carbocycles. The number of hydrogen-bond acceptors (Lipinski definition) is 1. The van der Waals surface area contributed by atoms with Crippen LogP contribution in [0.1, 0.15) is 113 Å². The molecule has 0 aromatic heterocycles. The van der Waals surface area contributed by atoms with Crippen LogP contribution >= 0.6 is 0 Å². The smallest absolute Gasteiger partial charge is 0.253 e. The molecule has 2 heteroatoms. The van der Waals surface area contributed by atoms with Gasteiger partial charge in [0.25, 0.3) is 5.91 Å². The van der Waals surface area contributed by atoms with Crippen molar-refractivity contribution in [3.05, 3.63) is 34.9 Å². The summed E-state index contributed by atoms with van der Waals surface area (Å²) in [5.74, 6) is 1.52. The van der Waals surface area contributed by atoms with Gasteiger partial charge in [0.05, 0.1) is 0 Å². The number of carbonyl (C=O) groups excluding carboxylic acids is 1. The molecule has 1 aromatic rings. The summed E-state index contributed by atoms with van der Waals surface area (Å²) >= 11 is 0. The van der Waals surface area contributed by atoms with Gasteiger partial charge in [0.1, 0.15) is 0 Å². The lowest BCUT2D eigenvalue weighted by atomic mass is 9.90. The van der Waals surface area contributed by atoms with E-state index in [-0.39, 0.29) is 5.91 Å². The first-order chi connectivity index (χ1) is 14.1. The fourth-order valence-electron chi connectivity index (χ4n) is 4.75. The number of fused-ring (bicyclic) bond motifs is 1. The minimum absolute atomic E-state index is 0.267. The van der Waals surface area contributed by atoms with Crippen LogP contribution in [0.2, 0.25) is 0 Å². The predicted octanol–water partition coefficient (Wildman–Crippen LogP) is 7.44. The number of benzene rings is 1. The molecule has 2 atom stereocenters. The molecule has 2 rings (SSSR count). The molecule has 1 amide bonds. The Kier molecular flexibility index (Phi) is 10.8. The first kappa shape index (κ1) is 24.0. The number of unbranched alkanes of at least 4 members (excludes halogenated alkanes) is 2. The zero-order valence-electron chi connectivity index (χ0n) is 19.6. The van der Waals surface area contributed by atoms with Crippen LogP contribution in [-0.2, 0) is 12.8 Å². The van der Waals surface area contributed by atoms with Crippen molar-refractivity contribution in [2.24, 2.45) is 11.8 Å². The summed E-state index contributed by atoms with van der Waals surface area (Å²) in [5.41, 5.74) is 3.79. The molecule has 164 valence electrons. The van der Waals surface area contributed by atoms with Gasteiger partial charge in [-0.2, -0.15) is 0 Å². The normalized spacial score (nSPS) is 15.6. The average molecular weight is 400 g/mol. The minimum Gasteiger partial charge on any atom is -0.338 e. The summed E-state index contributed by atoms with van der Waals surface area (Å²) < 4.78 is 0. The van der Waals surface area contributed by atoms with Crippen molar-refractivity contribution in [3.8, 4) is 0 Å². The standard InChI is InChI=1S/C27H45NO/c1-5-9-13-22(7-3)20-28(21-23(8-4)14-10-6-2)27(29)26-18-17-24-15-11-12-16-25(24)19-26/h17-19,22-23H,5-16,20-21H2,1-4H3. The van der Waals surface area contributed by atoms with Crippen LogP contribution in [-0.4, -0.2) is 23.9 Å². The highest BCUT2D eigenvalue weighted by Gasteiger charge is 2.23. The van der Waals surface area contributed by atoms with Crippen molar-refractivity contribution < 1.29 is 4.79 Å². The minimum atomic E-state index is 0.267. The molecule has 2 unspecified atom stereocenters. The third-order valence-corrected chi connectivity index (χ3v) is 6.93. The fraction of sp³-hybridized carbons (Fsp3) is 0.741. The number of rotatable bonds is 13. The largest absolute Gasteiger partial charge is 0.338 e. The van der Waals surface area contributed by atoms with E-state index >= 15 is 0 Å². The highest BCUT2D eigenvalue weighted by molar-refractivity contribution is 5.94. The monoisotopic (exact) mass is 399 g/mol. The molecule has 1 aliphatic rings. The zero-order valence-corrected chi connectivity index (χ0v) is 19.6. The lowest BCUT2D eigenvalue weighted by Crippen LogP contribution is -2.39. The van der Waals surface area contributed by atoms with Gasteiger partial charge < -0.3 is 4.90 Å². The Morgan fingerprint density at radius 1 is 0.862 bits per heavy atom. The van der Waals surface area contributed by atoms with E-state index in [1.165, 1.54) is 81.8 Å². The van der Waals surface area contributed by atoms with E-state index in [0.29, 0.717) is 11.8 Å². The van der Waals surface area contributed by atoms with Gasteiger partial charge in [-0.1, -0.05) is 72.3 Å². The third-order valence-electron chi connectivity index (χ3n) is 6.93. The molecule has 0 bridgehead atoms. The summed E-state index contributed by atoms with van der Waals surface area (Å²) in [6, 6.07) is 6.53. The van der Waals surface area contributed by atoms with Crippen LogP contribution in [0.4, 0.5) is 0 Å². The molecule has 0 spiro atoms. The second kappa shape index (κ2) is 13.1. The van der Waals surface area contributed by atoms with Crippen molar-refractivity contribution in [2.45, 2.75) is 105 Å². The Bertz CT molecular complexity index is 591. The van der Waals surface area contributed by atoms with Crippen molar-refractivity contribution in [3.63, 3.8) is 0 Å². The first-order valence-electron chi connectivity index (χ1n) is 12.5. The van der Waals surface area contributed by atoms with Crippen LogP contribution in [0.3, 0.4) is 0 Å². The fourth-order valence-corrected chi connectivity index (χ4v) is 4.75. The summed E-state index contributed by atoms with van der Waals surface area (Å²) in [7, 11) is 0. The van der Waals surface area contributed by atoms with E-state index in [4.69, 9.17) is 0 Å². The highest BCUT2D eigenvalue weighted by Crippen LogP contribution is 2.25. The van der Waals surface area contributed by atoms with Gasteiger partial charge in [0.2, 0.25) is 0 Å². The van der Waals surface area contributed by atoms with E-state index in [1.807, 2.05) is 0 Å². The Hall–Kier alpha value is -1.31. The Balaban J connectivity index is 2.18. The van der Waals surface area contributed by atoms with Crippen molar-refractivity contribution >= 4 is 5.91 Å². The highest BCUT2D eigenvalue weighted by atomic mass is 16.2. The summed E-state index contributed by atoms with van der Waals surface area (Å²) in [6.07, 6.45) is 14.7. The zero-order chi connectivity index (χ0) is 21.1. The van der Waals surface area contributed by atoms with Crippen molar-refractivity contribution in [1.82, 2.24) is 4.90 Å². The van der Waals surface area contributed by atoms with Gasteiger partial charge in [0.15, 0.2) is 0 Å². The van der Waals surface area contributed by atoms with E-state index in [0.717, 1.165) is 25.1 Å². The van der Waals surface area contributed by atoms with Gasteiger partial charge in [-0.15, -0.1) is 0 Å². The van der Waals surface area contributed by atoms with E-state index in [2.05, 4.69) is 50.8 Å². The van der Waals surface area contributed by atoms with Crippen LogP contribution in [0.5, 0.6) is 0 Å². The lowest BCUT2D eigenvalue weighted by Gasteiger charge is -2.31. The molecule has 0 saturated carbocycles. The second-order valence-electron chi connectivity index (χ2n) is 9.23. The van der Waals surface area contributed by atoms with E-state index in [1.54, 1.807) is 0 Å². The number of carbonyl (C=O) groups is 1. The maximum absolute atomic E-state index is 13.6. The van der Waals surface area contributed by atoms with Crippen LogP contribution in [0.25, 0.3) is 0 Å². The molecule has 1 aromatic carbocycles. The molecular weight excluding hydrogens is 354 g/mol. The van der Waals surface area contributed by atoms with Crippen LogP contribution in [0.15, 0.2) is 18.2 Å². The van der Waals surface area contributed by atoms with Crippen LogP contribution < -0.4 is 0 Å². The first-order valence-corrected chi connectivity index (χ1v) is 12.5. The molecular formula is C27H45NO. The summed E-state index contributed by atoms with van der Waals surface area (Å²) in [4.78, 5) is 15.8. The van der Waals surface area contributed by atoms with Gasteiger partial charge >= 0.3 is 0 Å². The SMILES string of the molecule is CCCCC(CC)CN(CC(CC)CCCC)C(=O)c1ccc2c(c1)CCCC2. The van der Waals surface area contributed by atoms with E-state index in [9.17, 15) is 4.79 Å². The maximum Gasteiger partial charge on any atom is 0.253 e. The van der Waals surface area contributed by atoms with Gasteiger partial charge in [-0.25, -0.2) is 0 Å². The van der Waals surface area contributed by atoms with Gasteiger partial charge in [-0.05, 0) is 73.6 Å². The molecule has 0 saturated heterocycles. The topological polar surface area (TPSA) is 20.3 Å². The van der Waals surface area contributed by atoms with E-state index < -0.39 is 0 Å². The summed E-state index contributed by atoms with van der Waals surface area (Å²) in [5, 5.41) is 0. The van der Waals surface area contributed by atoms with Gasteiger partial charge in [0, 0.05) is 18.7 Å². The molecule has 0 fully saturated rings. The Morgan fingerprint density at radius 2 is 1.41 bits per heavy atom. The Morgan fingerprint density at radius 3 is 1.93 bits per heavy atom. The van der Waals surface area contributed by atoms with Crippen molar-refractivity contribution in [2.75, 3.05) is 13.1 Å². The average Bonchev–Trinajstić information content (AvgIpc) is 2.77. The quantitative estimate of drug-likeness (QED) is 0.337. The second-order valence-corrected chi connectivity index (χ2v) is 9.23. The predicted molar refractivity (Wildman–Crippen MR) is 126 cm³/mol. The summed E-state index contributed by atoms with van der Waals surface area (Å²) in [6.45, 7) is 11.0. The van der Waals surface area contributed by atoms with Gasteiger partial charge in [-0.3, -0.25) is 4.79 Å². The third kappa shape index (κ3) is 7.46. The number of amides is 1. The molecule has 0 N–H and O–H groups in total. The molecule has 29 heavy (non-hydrogen) atoms. The maximum atomic E-state index is 13.6. The molecule has 0 heterocycles. The number of nitrogens with zero attached hydrogens (tertiary/aromatic N) is 1. The Labute approximate surface area is 180 Å². The molecule has 2 nitrogen and oxygen atoms in total. The lowest BCUT2D eigenvalue weighted by molar-refractivity contribution is 0.0684. The number of hydrogen-bond donors (Lipinski definition) is 0. The van der Waals surface area contributed by atoms with Crippen molar-refractivity contribution in [1.29, 1.82) is 0 Å². The number of aryl methyl sites for hydroxylation is 2.